The third-order valence-electron chi connectivity index (χ3n) is 6.89. The number of carbonyl (C=O) groups excluding carboxylic acids is 2. The minimum absolute atomic E-state index is 0.0144. The van der Waals surface area contributed by atoms with Gasteiger partial charge in [0.05, 0.1) is 30.9 Å². The molecule has 0 aromatic heterocycles. The van der Waals surface area contributed by atoms with E-state index in [9.17, 15) is 24.6 Å². The van der Waals surface area contributed by atoms with Crippen LogP contribution in [0.25, 0.3) is 5.76 Å². The molecule has 1 amide bonds. The van der Waals surface area contributed by atoms with Gasteiger partial charge in [0.1, 0.15) is 17.3 Å². The van der Waals surface area contributed by atoms with Crippen molar-refractivity contribution in [2.75, 3.05) is 13.7 Å². The number of ether oxygens (including phenoxy) is 2. The molecule has 2 N–H and O–H groups in total. The van der Waals surface area contributed by atoms with E-state index in [1.165, 1.54) is 24.1 Å². The van der Waals surface area contributed by atoms with Crippen molar-refractivity contribution >= 4 is 23.4 Å². The Morgan fingerprint density at radius 3 is 2.17 bits per heavy atom. The van der Waals surface area contributed by atoms with Crippen molar-refractivity contribution in [3.63, 3.8) is 0 Å². The molecular weight excluding hydrogens is 510 g/mol. The number of Topliss-reactive ketones (excluding diaryl/α,β-unsaturated/α-hetero) is 1. The quantitative estimate of drug-likeness (QED) is 0.212. The van der Waals surface area contributed by atoms with Gasteiger partial charge in [0.25, 0.3) is 11.7 Å². The number of methoxy groups -OCH3 is 1. The molecule has 0 bridgehead atoms. The molecule has 0 aliphatic carbocycles. The maximum absolute atomic E-state index is 13.5. The van der Waals surface area contributed by atoms with Crippen LogP contribution in [0.2, 0.25) is 0 Å². The van der Waals surface area contributed by atoms with E-state index in [1.807, 2.05) is 27.7 Å². The number of hydrogen-bond donors (Lipinski definition) is 2. The summed E-state index contributed by atoms with van der Waals surface area (Å²) in [5.74, 6) is -1.83. The third kappa shape index (κ3) is 5.43. The summed E-state index contributed by atoms with van der Waals surface area (Å²) in [4.78, 5) is 39.7. The van der Waals surface area contributed by atoms with E-state index in [-0.39, 0.29) is 28.9 Å². The Balaban J connectivity index is 1.89. The Kier molecular flexibility index (Phi) is 8.00. The molecule has 40 heavy (non-hydrogen) atoms. The van der Waals surface area contributed by atoms with Gasteiger partial charge in [-0.1, -0.05) is 51.1 Å². The average Bonchev–Trinajstić information content (AvgIpc) is 3.17. The van der Waals surface area contributed by atoms with Crippen LogP contribution in [0.5, 0.6) is 11.5 Å². The molecular formula is C32H33NO7. The van der Waals surface area contributed by atoms with Crippen LogP contribution in [0.3, 0.4) is 0 Å². The Labute approximate surface area is 233 Å². The van der Waals surface area contributed by atoms with Gasteiger partial charge < -0.3 is 24.6 Å². The lowest BCUT2D eigenvalue weighted by atomic mass is 9.84. The second kappa shape index (κ2) is 11.3. The molecule has 8 nitrogen and oxygen atoms in total. The first-order valence-corrected chi connectivity index (χ1v) is 13.0. The first-order chi connectivity index (χ1) is 19.0. The molecule has 0 spiro atoms. The van der Waals surface area contributed by atoms with Gasteiger partial charge in [0, 0.05) is 23.2 Å². The monoisotopic (exact) mass is 543 g/mol. The summed E-state index contributed by atoms with van der Waals surface area (Å²) in [7, 11) is 1.50. The van der Waals surface area contributed by atoms with Crippen LogP contribution in [0.4, 0.5) is 0 Å². The Morgan fingerprint density at radius 1 is 0.925 bits per heavy atom. The molecule has 0 saturated carbocycles. The first kappa shape index (κ1) is 28.4. The average molecular weight is 544 g/mol. The molecule has 1 atom stereocenters. The predicted octanol–water partition coefficient (Wildman–Crippen LogP) is 5.71. The summed E-state index contributed by atoms with van der Waals surface area (Å²) in [6.07, 6.45) is 0. The molecule has 1 unspecified atom stereocenters. The molecule has 0 radical (unpaired) electrons. The molecule has 4 rings (SSSR count). The summed E-state index contributed by atoms with van der Waals surface area (Å²) >= 11 is 0. The van der Waals surface area contributed by atoms with Gasteiger partial charge in [-0.05, 0) is 54.3 Å². The van der Waals surface area contributed by atoms with Crippen molar-refractivity contribution in [1.82, 2.24) is 4.90 Å². The van der Waals surface area contributed by atoms with E-state index in [4.69, 9.17) is 9.47 Å². The number of ketones is 1. The van der Waals surface area contributed by atoms with Crippen molar-refractivity contribution in [3.05, 3.63) is 100 Å². The Hall–Kier alpha value is -4.59. The minimum Gasteiger partial charge on any atom is -0.507 e. The number of aliphatic hydroxyl groups is 1. The highest BCUT2D eigenvalue weighted by molar-refractivity contribution is 6.46. The SMILES string of the molecule is CCOc1ccc(/C(O)=C2\C(=O)C(=O)N(Cc3ccc(C(=O)O)cc3)C2c2ccccc2OC)cc1C(C)(C)C. The second-order valence-electron chi connectivity index (χ2n) is 10.6. The lowest BCUT2D eigenvalue weighted by molar-refractivity contribution is -0.140. The molecule has 1 saturated heterocycles. The fourth-order valence-electron chi connectivity index (χ4n) is 4.91. The highest BCUT2D eigenvalue weighted by Crippen LogP contribution is 2.44. The number of carbonyl (C=O) groups is 3. The molecule has 208 valence electrons. The van der Waals surface area contributed by atoms with Crippen molar-refractivity contribution in [1.29, 1.82) is 0 Å². The number of para-hydroxylation sites is 1. The first-order valence-electron chi connectivity index (χ1n) is 13.0. The van der Waals surface area contributed by atoms with Gasteiger partial charge >= 0.3 is 5.97 Å². The zero-order valence-corrected chi connectivity index (χ0v) is 23.2. The number of aromatic carboxylic acids is 1. The number of amides is 1. The van der Waals surface area contributed by atoms with E-state index >= 15 is 0 Å². The number of hydrogen-bond acceptors (Lipinski definition) is 6. The van der Waals surface area contributed by atoms with Crippen LogP contribution in [0.1, 0.15) is 66.3 Å². The van der Waals surface area contributed by atoms with Crippen LogP contribution in [0, 0.1) is 0 Å². The second-order valence-corrected chi connectivity index (χ2v) is 10.6. The van der Waals surface area contributed by atoms with Gasteiger partial charge in [-0.15, -0.1) is 0 Å². The molecule has 3 aromatic carbocycles. The number of carboxylic acid groups (broad SMARTS) is 1. The smallest absolute Gasteiger partial charge is 0.335 e. The number of aliphatic hydroxyl groups excluding tert-OH is 1. The fraction of sp³-hybridized carbons (Fsp3) is 0.281. The number of carboxylic acids is 1. The summed E-state index contributed by atoms with van der Waals surface area (Å²) in [5, 5.41) is 20.9. The number of benzene rings is 3. The predicted molar refractivity (Wildman–Crippen MR) is 151 cm³/mol. The molecule has 1 heterocycles. The van der Waals surface area contributed by atoms with Crippen LogP contribution < -0.4 is 9.47 Å². The van der Waals surface area contributed by atoms with E-state index < -0.39 is 23.7 Å². The lowest BCUT2D eigenvalue weighted by Crippen LogP contribution is -2.29. The summed E-state index contributed by atoms with van der Waals surface area (Å²) in [6, 6.07) is 17.4. The van der Waals surface area contributed by atoms with Crippen molar-refractivity contribution < 1.29 is 34.1 Å². The molecule has 1 fully saturated rings. The van der Waals surface area contributed by atoms with Crippen molar-refractivity contribution in [2.45, 2.75) is 45.7 Å². The van der Waals surface area contributed by atoms with E-state index in [0.29, 0.717) is 34.8 Å². The fourth-order valence-corrected chi connectivity index (χ4v) is 4.91. The van der Waals surface area contributed by atoms with Gasteiger partial charge in [-0.3, -0.25) is 9.59 Å². The summed E-state index contributed by atoms with van der Waals surface area (Å²) in [6.45, 7) is 8.46. The highest BCUT2D eigenvalue weighted by atomic mass is 16.5. The standard InChI is InChI=1S/C32H33NO7/c1-6-40-25-16-15-21(17-23(25)32(2,3)4)28(34)26-27(22-9-7-8-10-24(22)39-5)33(30(36)29(26)35)18-19-11-13-20(14-12-19)31(37)38/h7-17,27,34H,6,18H2,1-5H3,(H,37,38)/b28-26+. The normalized spacial score (nSPS) is 16.7. The van der Waals surface area contributed by atoms with Gasteiger partial charge in [0.15, 0.2) is 0 Å². The Bertz CT molecular complexity index is 1480. The van der Waals surface area contributed by atoms with Crippen LogP contribution in [-0.2, 0) is 21.5 Å². The van der Waals surface area contributed by atoms with Crippen molar-refractivity contribution in [2.24, 2.45) is 0 Å². The molecule has 8 heteroatoms. The van der Waals surface area contributed by atoms with Gasteiger partial charge in [-0.2, -0.15) is 0 Å². The van der Waals surface area contributed by atoms with Crippen LogP contribution in [-0.4, -0.2) is 46.5 Å². The molecule has 3 aromatic rings. The number of rotatable bonds is 8. The van der Waals surface area contributed by atoms with Crippen LogP contribution in [0.15, 0.2) is 72.3 Å². The topological polar surface area (TPSA) is 113 Å². The van der Waals surface area contributed by atoms with Crippen LogP contribution >= 0.6 is 0 Å². The van der Waals surface area contributed by atoms with E-state index in [2.05, 4.69) is 0 Å². The Morgan fingerprint density at radius 2 is 1.57 bits per heavy atom. The van der Waals surface area contributed by atoms with Crippen molar-refractivity contribution in [3.8, 4) is 11.5 Å². The lowest BCUT2D eigenvalue weighted by Gasteiger charge is -2.27. The van der Waals surface area contributed by atoms with Gasteiger partial charge in [0.2, 0.25) is 0 Å². The molecule has 1 aliphatic rings. The number of nitrogens with zero attached hydrogens (tertiary/aromatic N) is 1. The zero-order chi connectivity index (χ0) is 29.2. The van der Waals surface area contributed by atoms with E-state index in [1.54, 1.807) is 54.6 Å². The zero-order valence-electron chi connectivity index (χ0n) is 23.2. The third-order valence-corrected chi connectivity index (χ3v) is 6.89. The number of likely N-dealkylation sites (tertiary alicyclic amines) is 1. The summed E-state index contributed by atoms with van der Waals surface area (Å²) in [5.41, 5.74) is 2.13. The summed E-state index contributed by atoms with van der Waals surface area (Å²) < 4.78 is 11.4. The highest BCUT2D eigenvalue weighted by Gasteiger charge is 2.47. The minimum atomic E-state index is -1.06. The van der Waals surface area contributed by atoms with Gasteiger partial charge in [-0.25, -0.2) is 4.79 Å². The maximum Gasteiger partial charge on any atom is 0.335 e. The maximum atomic E-state index is 13.5. The van der Waals surface area contributed by atoms with E-state index in [0.717, 1.165) is 5.56 Å². The largest absolute Gasteiger partial charge is 0.507 e. The molecule has 1 aliphatic heterocycles.